The summed E-state index contributed by atoms with van der Waals surface area (Å²) >= 11 is 0. The number of carbonyl (C=O) groups is 1. The number of carbonyl (C=O) groups excluding carboxylic acids is 1. The van der Waals surface area contributed by atoms with E-state index in [-0.39, 0.29) is 27.9 Å². The van der Waals surface area contributed by atoms with Crippen LogP contribution in [0.2, 0.25) is 0 Å². The lowest BCUT2D eigenvalue weighted by Crippen LogP contribution is -2.57. The summed E-state index contributed by atoms with van der Waals surface area (Å²) in [4.78, 5) is 13.8. The minimum Gasteiger partial charge on any atom is -0.381 e. The first-order valence-corrected chi connectivity index (χ1v) is 10.2. The standard InChI is InChI=1S/C23H38O2/c1-14-11-17(18(12-15(14)2)20(3,4)5)19(24)23(25)13-16-9-10-22(23,8)21(16,6)7/h16-18,25H,9-13H2,1-8H3/t16-,17+,18+,22-,23+/m1/s1. The summed E-state index contributed by atoms with van der Waals surface area (Å²) in [7, 11) is 0. The Morgan fingerprint density at radius 3 is 2.08 bits per heavy atom. The van der Waals surface area contributed by atoms with Crippen LogP contribution in [-0.2, 0) is 4.79 Å². The van der Waals surface area contributed by atoms with Crippen molar-refractivity contribution in [3.05, 3.63) is 11.1 Å². The zero-order valence-corrected chi connectivity index (χ0v) is 17.6. The molecular formula is C23H38O2. The Labute approximate surface area is 154 Å². The van der Waals surface area contributed by atoms with Crippen molar-refractivity contribution in [3.8, 4) is 0 Å². The second-order valence-corrected chi connectivity index (χ2v) is 11.3. The largest absolute Gasteiger partial charge is 0.381 e. The molecule has 0 radical (unpaired) electrons. The number of fused-ring (bicyclic) bond motifs is 2. The first-order chi connectivity index (χ1) is 11.3. The van der Waals surface area contributed by atoms with Gasteiger partial charge in [0.05, 0.1) is 0 Å². The number of rotatable bonds is 2. The molecule has 0 heterocycles. The van der Waals surface area contributed by atoms with E-state index in [1.807, 2.05) is 0 Å². The third-order valence-corrected chi connectivity index (χ3v) is 9.01. The number of hydrogen-bond donors (Lipinski definition) is 1. The van der Waals surface area contributed by atoms with Crippen molar-refractivity contribution in [2.45, 2.75) is 93.1 Å². The van der Waals surface area contributed by atoms with E-state index in [1.54, 1.807) is 0 Å². The van der Waals surface area contributed by atoms with Gasteiger partial charge in [0.1, 0.15) is 5.60 Å². The smallest absolute Gasteiger partial charge is 0.168 e. The molecule has 3 aliphatic carbocycles. The van der Waals surface area contributed by atoms with E-state index in [9.17, 15) is 9.90 Å². The molecule has 2 bridgehead atoms. The van der Waals surface area contributed by atoms with Gasteiger partial charge < -0.3 is 5.11 Å². The topological polar surface area (TPSA) is 37.3 Å². The first kappa shape index (κ1) is 19.1. The number of allylic oxidation sites excluding steroid dienone is 2. The third kappa shape index (κ3) is 2.42. The molecule has 1 N–H and O–H groups in total. The average molecular weight is 347 g/mol. The van der Waals surface area contributed by atoms with Crippen molar-refractivity contribution in [1.29, 1.82) is 0 Å². The predicted molar refractivity (Wildman–Crippen MR) is 103 cm³/mol. The van der Waals surface area contributed by atoms with E-state index < -0.39 is 5.60 Å². The summed E-state index contributed by atoms with van der Waals surface area (Å²) in [5, 5.41) is 11.8. The van der Waals surface area contributed by atoms with Crippen LogP contribution < -0.4 is 0 Å². The van der Waals surface area contributed by atoms with Gasteiger partial charge in [-0.2, -0.15) is 0 Å². The summed E-state index contributed by atoms with van der Waals surface area (Å²) in [6.07, 6.45) is 4.63. The van der Waals surface area contributed by atoms with Crippen molar-refractivity contribution in [1.82, 2.24) is 0 Å². The van der Waals surface area contributed by atoms with Crippen LogP contribution in [0.3, 0.4) is 0 Å². The van der Waals surface area contributed by atoms with Crippen molar-refractivity contribution < 1.29 is 9.90 Å². The first-order valence-electron chi connectivity index (χ1n) is 10.2. The molecule has 2 saturated carbocycles. The molecule has 3 aliphatic rings. The van der Waals surface area contributed by atoms with Crippen LogP contribution in [0.5, 0.6) is 0 Å². The van der Waals surface area contributed by atoms with E-state index in [0.717, 1.165) is 25.7 Å². The van der Waals surface area contributed by atoms with Crippen LogP contribution in [0.15, 0.2) is 11.1 Å². The molecule has 0 spiro atoms. The SMILES string of the molecule is CC1=C(C)C[C@H](C(C)(C)C)[C@@H](C(=O)[C@@]2(O)C[C@H]3CC[C@]2(C)C3(C)C)C1. The van der Waals surface area contributed by atoms with Gasteiger partial charge in [0, 0.05) is 11.3 Å². The lowest BCUT2D eigenvalue weighted by Gasteiger charge is -2.48. The second kappa shape index (κ2) is 5.44. The average Bonchev–Trinajstić information content (AvgIpc) is 2.80. The molecule has 0 unspecified atom stereocenters. The van der Waals surface area contributed by atoms with E-state index in [2.05, 4.69) is 55.4 Å². The van der Waals surface area contributed by atoms with E-state index in [4.69, 9.17) is 0 Å². The molecule has 0 aromatic rings. The Hall–Kier alpha value is -0.630. The second-order valence-electron chi connectivity index (χ2n) is 11.3. The molecule has 0 amide bonds. The van der Waals surface area contributed by atoms with E-state index in [1.165, 1.54) is 11.1 Å². The Bertz CT molecular complexity index is 620. The Kier molecular flexibility index (Phi) is 4.16. The summed E-state index contributed by atoms with van der Waals surface area (Å²) in [6.45, 7) is 17.9. The number of ketones is 1. The molecule has 2 heteroatoms. The molecule has 3 rings (SSSR count). The zero-order chi connectivity index (χ0) is 19.0. The molecule has 5 atom stereocenters. The van der Waals surface area contributed by atoms with Crippen molar-refractivity contribution in [3.63, 3.8) is 0 Å². The van der Waals surface area contributed by atoms with Gasteiger partial charge in [0.25, 0.3) is 0 Å². The maximum atomic E-state index is 13.8. The highest BCUT2D eigenvalue weighted by Gasteiger charge is 2.71. The molecule has 25 heavy (non-hydrogen) atoms. The maximum absolute atomic E-state index is 13.8. The van der Waals surface area contributed by atoms with Crippen LogP contribution >= 0.6 is 0 Å². The van der Waals surface area contributed by atoms with Gasteiger partial charge in [-0.3, -0.25) is 4.79 Å². The Balaban J connectivity index is 2.00. The van der Waals surface area contributed by atoms with Crippen LogP contribution in [0.1, 0.15) is 87.5 Å². The molecule has 142 valence electrons. The molecule has 0 aliphatic heterocycles. The molecular weight excluding hydrogens is 308 g/mol. The fourth-order valence-corrected chi connectivity index (χ4v) is 6.43. The van der Waals surface area contributed by atoms with Crippen molar-refractivity contribution >= 4 is 5.78 Å². The Morgan fingerprint density at radius 2 is 1.64 bits per heavy atom. The van der Waals surface area contributed by atoms with Crippen molar-refractivity contribution in [2.75, 3.05) is 0 Å². The molecule has 0 saturated heterocycles. The molecule has 0 aromatic heterocycles. The fraction of sp³-hybridized carbons (Fsp3) is 0.870. The van der Waals surface area contributed by atoms with Gasteiger partial charge in [0.15, 0.2) is 5.78 Å². The highest BCUT2D eigenvalue weighted by molar-refractivity contribution is 5.91. The van der Waals surface area contributed by atoms with E-state index in [0.29, 0.717) is 18.3 Å². The monoisotopic (exact) mass is 346 g/mol. The van der Waals surface area contributed by atoms with Crippen LogP contribution in [0.25, 0.3) is 0 Å². The quantitative estimate of drug-likeness (QED) is 0.666. The summed E-state index contributed by atoms with van der Waals surface area (Å²) < 4.78 is 0. The summed E-state index contributed by atoms with van der Waals surface area (Å²) in [5.41, 5.74) is 1.50. The lowest BCUT2D eigenvalue weighted by molar-refractivity contribution is -0.163. The molecule has 2 nitrogen and oxygen atoms in total. The van der Waals surface area contributed by atoms with Crippen LogP contribution in [0, 0.1) is 34.0 Å². The summed E-state index contributed by atoms with van der Waals surface area (Å²) in [6, 6.07) is 0. The van der Waals surface area contributed by atoms with Crippen LogP contribution in [-0.4, -0.2) is 16.5 Å². The Morgan fingerprint density at radius 1 is 1.08 bits per heavy atom. The van der Waals surface area contributed by atoms with Gasteiger partial charge in [-0.1, -0.05) is 52.7 Å². The highest BCUT2D eigenvalue weighted by atomic mass is 16.3. The van der Waals surface area contributed by atoms with Gasteiger partial charge in [-0.25, -0.2) is 0 Å². The molecule has 0 aromatic carbocycles. The number of hydrogen-bond acceptors (Lipinski definition) is 2. The normalized spacial score (nSPS) is 43.6. The fourth-order valence-electron chi connectivity index (χ4n) is 6.43. The predicted octanol–water partition coefficient (Wildman–Crippen LogP) is 5.54. The lowest BCUT2D eigenvalue weighted by atomic mass is 9.57. The van der Waals surface area contributed by atoms with Crippen LogP contribution in [0.4, 0.5) is 0 Å². The molecule has 2 fully saturated rings. The number of aliphatic hydroxyl groups is 1. The third-order valence-electron chi connectivity index (χ3n) is 9.01. The van der Waals surface area contributed by atoms with Gasteiger partial charge >= 0.3 is 0 Å². The minimum absolute atomic E-state index is 0.0410. The van der Waals surface area contributed by atoms with Gasteiger partial charge in [0.2, 0.25) is 0 Å². The van der Waals surface area contributed by atoms with Crippen molar-refractivity contribution in [2.24, 2.45) is 34.0 Å². The summed E-state index contributed by atoms with van der Waals surface area (Å²) in [5.74, 6) is 0.901. The van der Waals surface area contributed by atoms with E-state index >= 15 is 0 Å². The number of Topliss-reactive ketones (excluding diaryl/α,β-unsaturated/α-hetero) is 1. The van der Waals surface area contributed by atoms with Gasteiger partial charge in [-0.15, -0.1) is 0 Å². The maximum Gasteiger partial charge on any atom is 0.168 e. The van der Waals surface area contributed by atoms with Gasteiger partial charge in [-0.05, 0) is 68.6 Å². The minimum atomic E-state index is -1.14. The zero-order valence-electron chi connectivity index (χ0n) is 17.6. The highest BCUT2D eigenvalue weighted by Crippen LogP contribution is 2.70.